The van der Waals surface area contributed by atoms with Gasteiger partial charge in [-0.15, -0.1) is 0 Å². The predicted octanol–water partition coefficient (Wildman–Crippen LogP) is 3.24. The molecule has 158 valence electrons. The second-order valence-corrected chi connectivity index (χ2v) is 9.89. The Morgan fingerprint density at radius 2 is 2.00 bits per heavy atom. The zero-order chi connectivity index (χ0) is 20.2. The Morgan fingerprint density at radius 3 is 2.66 bits per heavy atom. The molecule has 0 radical (unpaired) electrons. The summed E-state index contributed by atoms with van der Waals surface area (Å²) in [7, 11) is 0. The van der Waals surface area contributed by atoms with E-state index in [1.54, 1.807) is 0 Å². The van der Waals surface area contributed by atoms with Gasteiger partial charge in [-0.25, -0.2) is 0 Å². The third-order valence-corrected chi connectivity index (χ3v) is 8.07. The van der Waals surface area contributed by atoms with Crippen LogP contribution < -0.4 is 5.73 Å². The average Bonchev–Trinajstić information content (AvgIpc) is 3.42. The molecule has 1 aromatic carbocycles. The Balaban J connectivity index is 1.56. The number of likely N-dealkylation sites (N-methyl/N-ethyl adjacent to an activating group) is 1. The van der Waals surface area contributed by atoms with Crippen molar-refractivity contribution in [2.75, 3.05) is 26.3 Å². The van der Waals surface area contributed by atoms with E-state index in [9.17, 15) is 4.79 Å². The number of ether oxygens (including phenoxy) is 2. The quantitative estimate of drug-likeness (QED) is 0.827. The molecule has 29 heavy (non-hydrogen) atoms. The van der Waals surface area contributed by atoms with Crippen LogP contribution in [0.2, 0.25) is 0 Å². The van der Waals surface area contributed by atoms with E-state index in [2.05, 4.69) is 30.9 Å². The van der Waals surface area contributed by atoms with E-state index in [4.69, 9.17) is 15.2 Å². The van der Waals surface area contributed by atoms with Crippen molar-refractivity contribution in [2.24, 2.45) is 17.6 Å². The summed E-state index contributed by atoms with van der Waals surface area (Å²) < 4.78 is 12.3. The highest BCUT2D eigenvalue weighted by atomic mass is 16.7. The van der Waals surface area contributed by atoms with Crippen LogP contribution in [0.1, 0.15) is 67.4 Å². The maximum atomic E-state index is 11.9. The predicted molar refractivity (Wildman–Crippen MR) is 112 cm³/mol. The molecule has 2 saturated carbocycles. The lowest BCUT2D eigenvalue weighted by Gasteiger charge is -2.56. The zero-order valence-corrected chi connectivity index (χ0v) is 17.8. The molecular formula is C24H34N2O3. The van der Waals surface area contributed by atoms with E-state index in [1.807, 2.05) is 6.07 Å². The van der Waals surface area contributed by atoms with Gasteiger partial charge in [0.25, 0.3) is 0 Å². The van der Waals surface area contributed by atoms with Gasteiger partial charge in [0.2, 0.25) is 5.91 Å². The van der Waals surface area contributed by atoms with E-state index in [0.29, 0.717) is 30.7 Å². The molecule has 1 amide bonds. The number of carbonyl (C=O) groups excluding carboxylic acids is 1. The van der Waals surface area contributed by atoms with Crippen molar-refractivity contribution in [3.63, 3.8) is 0 Å². The van der Waals surface area contributed by atoms with E-state index < -0.39 is 5.79 Å². The Hall–Kier alpha value is -1.43. The fraction of sp³-hybridized carbons (Fsp3) is 0.708. The number of amides is 1. The molecular weight excluding hydrogens is 364 g/mol. The van der Waals surface area contributed by atoms with Gasteiger partial charge in [-0.3, -0.25) is 9.69 Å². The van der Waals surface area contributed by atoms with Crippen LogP contribution in [0.5, 0.6) is 0 Å². The lowest BCUT2D eigenvalue weighted by atomic mass is 9.54. The first-order valence-corrected chi connectivity index (χ1v) is 11.4. The third-order valence-electron chi connectivity index (χ3n) is 8.07. The lowest BCUT2D eigenvalue weighted by molar-refractivity contribution is -0.204. The summed E-state index contributed by atoms with van der Waals surface area (Å²) in [4.78, 5) is 14.6. The van der Waals surface area contributed by atoms with Crippen LogP contribution in [0.15, 0.2) is 18.2 Å². The SMILES string of the molecule is CCN(CC1CC1)[C@@H]1Cc2ccc(C(N)=O)cc2[C@@]2(C)CC3(CC[C@@H]12)OCCO3. The van der Waals surface area contributed by atoms with Gasteiger partial charge in [0.15, 0.2) is 5.79 Å². The number of primary amides is 1. The standard InChI is InChI=1S/C24H34N2O3/c1-3-26(14-16-4-5-16)21-13-17-6-7-18(22(25)27)12-20(17)23(2)15-24(9-8-19(21)23)28-10-11-29-24/h6-7,12,16,19,21H,3-5,8-11,13-15H2,1-2H3,(H2,25,27)/t19-,21+,23-/m0/s1. The molecule has 1 heterocycles. The van der Waals surface area contributed by atoms with Gasteiger partial charge in [0.05, 0.1) is 13.2 Å². The first kappa shape index (κ1) is 19.5. The second kappa shape index (κ2) is 7.07. The van der Waals surface area contributed by atoms with Crippen LogP contribution in [0.25, 0.3) is 0 Å². The van der Waals surface area contributed by atoms with Gasteiger partial charge >= 0.3 is 0 Å². The van der Waals surface area contributed by atoms with Crippen molar-refractivity contribution >= 4 is 5.91 Å². The summed E-state index contributed by atoms with van der Waals surface area (Å²) in [6.45, 7) is 8.37. The summed E-state index contributed by atoms with van der Waals surface area (Å²) >= 11 is 0. The van der Waals surface area contributed by atoms with Gasteiger partial charge < -0.3 is 15.2 Å². The van der Waals surface area contributed by atoms with Gasteiger partial charge in [-0.05, 0) is 67.3 Å². The Morgan fingerprint density at radius 1 is 1.24 bits per heavy atom. The summed E-state index contributed by atoms with van der Waals surface area (Å²) in [6, 6.07) is 6.65. The summed E-state index contributed by atoms with van der Waals surface area (Å²) in [5, 5.41) is 0. The van der Waals surface area contributed by atoms with Crippen molar-refractivity contribution in [1.29, 1.82) is 0 Å². The molecule has 5 rings (SSSR count). The number of benzene rings is 1. The molecule has 3 atom stereocenters. The van der Waals surface area contributed by atoms with Crippen LogP contribution in [0, 0.1) is 11.8 Å². The van der Waals surface area contributed by atoms with E-state index in [1.165, 1.54) is 30.5 Å². The highest BCUT2D eigenvalue weighted by Gasteiger charge is 2.56. The van der Waals surface area contributed by atoms with E-state index in [0.717, 1.165) is 38.1 Å². The van der Waals surface area contributed by atoms with Crippen LogP contribution in [0.3, 0.4) is 0 Å². The molecule has 1 saturated heterocycles. The maximum absolute atomic E-state index is 11.9. The third kappa shape index (κ3) is 3.31. The minimum Gasteiger partial charge on any atom is -0.366 e. The molecule has 1 spiro atoms. The molecule has 2 N–H and O–H groups in total. The number of hydrogen-bond donors (Lipinski definition) is 1. The average molecular weight is 399 g/mol. The van der Waals surface area contributed by atoms with Crippen LogP contribution in [-0.4, -0.2) is 48.9 Å². The molecule has 0 bridgehead atoms. The monoisotopic (exact) mass is 398 g/mol. The van der Waals surface area contributed by atoms with Crippen molar-refractivity contribution in [1.82, 2.24) is 4.90 Å². The Bertz CT molecular complexity index is 799. The fourth-order valence-corrected chi connectivity index (χ4v) is 6.45. The normalized spacial score (nSPS) is 32.9. The van der Waals surface area contributed by atoms with Crippen molar-refractivity contribution in [2.45, 2.75) is 69.6 Å². The minimum atomic E-state index is -0.458. The molecule has 3 fully saturated rings. The van der Waals surface area contributed by atoms with Gasteiger partial charge in [0, 0.05) is 36.4 Å². The summed E-state index contributed by atoms with van der Waals surface area (Å²) in [5.74, 6) is 0.616. The number of nitrogens with two attached hydrogens (primary N) is 1. The van der Waals surface area contributed by atoms with Crippen molar-refractivity contribution in [3.05, 3.63) is 34.9 Å². The number of hydrogen-bond acceptors (Lipinski definition) is 4. The molecule has 1 aliphatic heterocycles. The van der Waals surface area contributed by atoms with Crippen LogP contribution >= 0.6 is 0 Å². The second-order valence-electron chi connectivity index (χ2n) is 9.89. The zero-order valence-electron chi connectivity index (χ0n) is 17.8. The van der Waals surface area contributed by atoms with Gasteiger partial charge in [-0.1, -0.05) is 19.9 Å². The van der Waals surface area contributed by atoms with Crippen molar-refractivity contribution < 1.29 is 14.3 Å². The Kier molecular flexibility index (Phi) is 4.76. The molecule has 1 aromatic rings. The highest BCUT2D eigenvalue weighted by molar-refractivity contribution is 5.93. The first-order valence-electron chi connectivity index (χ1n) is 11.4. The smallest absolute Gasteiger partial charge is 0.248 e. The molecule has 5 heteroatoms. The van der Waals surface area contributed by atoms with Crippen LogP contribution in [-0.2, 0) is 21.3 Å². The minimum absolute atomic E-state index is 0.0801. The van der Waals surface area contributed by atoms with Gasteiger partial charge in [-0.2, -0.15) is 0 Å². The molecule has 0 aromatic heterocycles. The molecule has 4 aliphatic rings. The molecule has 5 nitrogen and oxygen atoms in total. The lowest BCUT2D eigenvalue weighted by Crippen LogP contribution is -2.59. The fourth-order valence-electron chi connectivity index (χ4n) is 6.45. The number of nitrogens with zero attached hydrogens (tertiary/aromatic N) is 1. The number of carbonyl (C=O) groups is 1. The maximum Gasteiger partial charge on any atom is 0.248 e. The largest absolute Gasteiger partial charge is 0.366 e. The number of rotatable bonds is 5. The summed E-state index contributed by atoms with van der Waals surface area (Å²) in [5.41, 5.74) is 8.82. The van der Waals surface area contributed by atoms with Crippen molar-refractivity contribution in [3.8, 4) is 0 Å². The summed E-state index contributed by atoms with van der Waals surface area (Å²) in [6.07, 6.45) is 6.75. The topological polar surface area (TPSA) is 64.8 Å². The first-order chi connectivity index (χ1) is 13.9. The molecule has 3 aliphatic carbocycles. The van der Waals surface area contributed by atoms with E-state index in [-0.39, 0.29) is 11.3 Å². The Labute approximate surface area is 173 Å². The molecule has 0 unspecified atom stereocenters. The van der Waals surface area contributed by atoms with E-state index >= 15 is 0 Å². The highest BCUT2D eigenvalue weighted by Crippen LogP contribution is 2.56. The van der Waals surface area contributed by atoms with Gasteiger partial charge in [0.1, 0.15) is 0 Å². The number of fused-ring (bicyclic) bond motifs is 3. The van der Waals surface area contributed by atoms with Crippen LogP contribution in [0.4, 0.5) is 0 Å².